The molecule has 34 heavy (non-hydrogen) atoms. The molecule has 2 amide bonds. The van der Waals surface area contributed by atoms with Gasteiger partial charge in [0.25, 0.3) is 11.8 Å². The van der Waals surface area contributed by atoms with Gasteiger partial charge in [-0.25, -0.2) is 0 Å². The number of ether oxygens (including phenoxy) is 2. The number of hydrogen-bond acceptors (Lipinski definition) is 5. The van der Waals surface area contributed by atoms with Crippen molar-refractivity contribution in [2.45, 2.75) is 6.92 Å². The zero-order valence-corrected chi connectivity index (χ0v) is 19.9. The van der Waals surface area contributed by atoms with Crippen LogP contribution in [0.4, 0.5) is 11.4 Å². The first kappa shape index (κ1) is 24.9. The van der Waals surface area contributed by atoms with Crippen LogP contribution in [0, 0.1) is 0 Å². The van der Waals surface area contributed by atoms with E-state index in [0.717, 1.165) is 5.69 Å². The summed E-state index contributed by atoms with van der Waals surface area (Å²) in [6.07, 6.45) is 0. The van der Waals surface area contributed by atoms with Gasteiger partial charge in [0.2, 0.25) is 0 Å². The Morgan fingerprint density at radius 3 is 2.26 bits per heavy atom. The summed E-state index contributed by atoms with van der Waals surface area (Å²) in [5.41, 5.74) is 2.40. The van der Waals surface area contributed by atoms with Gasteiger partial charge in [0.05, 0.1) is 12.2 Å². The standard InChI is InChI=1S/C26H27N3O4S/c1-3-29(21-9-5-4-6-10-21)25(31)19-13-15-20(16-14-19)27-26(34)28-24(30)22-11-7-8-12-23(22)33-18-17-32-2/h4-16H,3,17-18H2,1-2H3,(H2,27,28,30,34). The van der Waals surface area contributed by atoms with Gasteiger partial charge in [0, 0.05) is 30.6 Å². The summed E-state index contributed by atoms with van der Waals surface area (Å²) in [4.78, 5) is 27.3. The molecule has 3 aromatic carbocycles. The number of anilines is 2. The Morgan fingerprint density at radius 2 is 1.59 bits per heavy atom. The van der Waals surface area contributed by atoms with Crippen LogP contribution in [0.1, 0.15) is 27.6 Å². The maximum absolute atomic E-state index is 12.9. The molecule has 2 N–H and O–H groups in total. The Morgan fingerprint density at radius 1 is 0.912 bits per heavy atom. The summed E-state index contributed by atoms with van der Waals surface area (Å²) < 4.78 is 10.6. The molecule has 0 atom stereocenters. The number of carbonyl (C=O) groups is 2. The van der Waals surface area contributed by atoms with Gasteiger partial charge >= 0.3 is 0 Å². The predicted octanol–water partition coefficient (Wildman–Crippen LogP) is 4.51. The van der Waals surface area contributed by atoms with Crippen molar-refractivity contribution in [2.75, 3.05) is 37.1 Å². The van der Waals surface area contributed by atoms with Crippen LogP contribution in [0.3, 0.4) is 0 Å². The van der Waals surface area contributed by atoms with Crippen LogP contribution in [0.5, 0.6) is 5.75 Å². The van der Waals surface area contributed by atoms with E-state index < -0.39 is 5.91 Å². The van der Waals surface area contributed by atoms with E-state index in [-0.39, 0.29) is 11.0 Å². The van der Waals surface area contributed by atoms with E-state index in [2.05, 4.69) is 10.6 Å². The van der Waals surface area contributed by atoms with Gasteiger partial charge < -0.3 is 19.7 Å². The predicted molar refractivity (Wildman–Crippen MR) is 138 cm³/mol. The van der Waals surface area contributed by atoms with E-state index >= 15 is 0 Å². The van der Waals surface area contributed by atoms with Crippen molar-refractivity contribution in [1.29, 1.82) is 0 Å². The Balaban J connectivity index is 1.61. The molecule has 3 rings (SSSR count). The number of para-hydroxylation sites is 2. The quantitative estimate of drug-likeness (QED) is 0.349. The van der Waals surface area contributed by atoms with Crippen LogP contribution in [-0.4, -0.2) is 43.8 Å². The molecule has 0 aliphatic rings. The lowest BCUT2D eigenvalue weighted by Crippen LogP contribution is -2.34. The first-order chi connectivity index (χ1) is 16.5. The van der Waals surface area contributed by atoms with Crippen LogP contribution < -0.4 is 20.3 Å². The van der Waals surface area contributed by atoms with Crippen LogP contribution in [-0.2, 0) is 4.74 Å². The molecule has 0 bridgehead atoms. The monoisotopic (exact) mass is 477 g/mol. The third-order valence-corrected chi connectivity index (χ3v) is 5.13. The topological polar surface area (TPSA) is 79.9 Å². The van der Waals surface area contributed by atoms with Crippen molar-refractivity contribution in [1.82, 2.24) is 5.32 Å². The number of benzene rings is 3. The zero-order valence-electron chi connectivity index (χ0n) is 19.1. The summed E-state index contributed by atoms with van der Waals surface area (Å²) in [6.45, 7) is 3.22. The minimum absolute atomic E-state index is 0.0961. The van der Waals surface area contributed by atoms with E-state index in [1.54, 1.807) is 60.5 Å². The molecule has 176 valence electrons. The largest absolute Gasteiger partial charge is 0.490 e. The fraction of sp³-hybridized carbons (Fsp3) is 0.192. The van der Waals surface area contributed by atoms with E-state index in [0.29, 0.717) is 42.3 Å². The second-order valence-corrected chi connectivity index (χ2v) is 7.62. The third-order valence-electron chi connectivity index (χ3n) is 4.92. The summed E-state index contributed by atoms with van der Waals surface area (Å²) in [6, 6.07) is 23.4. The number of hydrogen-bond donors (Lipinski definition) is 2. The maximum Gasteiger partial charge on any atom is 0.261 e. The highest BCUT2D eigenvalue weighted by atomic mass is 32.1. The molecule has 0 radical (unpaired) electrons. The maximum atomic E-state index is 12.9. The molecule has 3 aromatic rings. The lowest BCUT2D eigenvalue weighted by Gasteiger charge is -2.21. The molecule has 8 heteroatoms. The van der Waals surface area contributed by atoms with E-state index in [1.165, 1.54) is 0 Å². The first-order valence-corrected chi connectivity index (χ1v) is 11.2. The lowest BCUT2D eigenvalue weighted by molar-refractivity contribution is 0.0967. The van der Waals surface area contributed by atoms with Gasteiger partial charge in [-0.2, -0.15) is 0 Å². The number of carbonyl (C=O) groups excluding carboxylic acids is 2. The van der Waals surface area contributed by atoms with Crippen LogP contribution in [0.2, 0.25) is 0 Å². The number of methoxy groups -OCH3 is 1. The Hall–Kier alpha value is -3.75. The SMILES string of the molecule is CCN(C(=O)c1ccc(NC(=S)NC(=O)c2ccccc2OCCOC)cc1)c1ccccc1. The van der Waals surface area contributed by atoms with Crippen LogP contribution in [0.25, 0.3) is 0 Å². The van der Waals surface area contributed by atoms with Crippen LogP contribution >= 0.6 is 12.2 Å². The zero-order chi connectivity index (χ0) is 24.3. The molecular formula is C26H27N3O4S. The number of thiocarbonyl (C=S) groups is 1. The molecule has 0 saturated carbocycles. The Kier molecular flexibility index (Phi) is 9.13. The highest BCUT2D eigenvalue weighted by Gasteiger charge is 2.16. The number of nitrogens with zero attached hydrogens (tertiary/aromatic N) is 1. The summed E-state index contributed by atoms with van der Waals surface area (Å²) in [5, 5.41) is 5.76. The third kappa shape index (κ3) is 6.63. The lowest BCUT2D eigenvalue weighted by atomic mass is 10.1. The molecule has 0 aliphatic carbocycles. The Bertz CT molecular complexity index is 1120. The minimum Gasteiger partial charge on any atom is -0.490 e. The smallest absolute Gasteiger partial charge is 0.261 e. The number of amides is 2. The second-order valence-electron chi connectivity index (χ2n) is 7.21. The highest BCUT2D eigenvalue weighted by Crippen LogP contribution is 2.19. The van der Waals surface area contributed by atoms with Gasteiger partial charge in [-0.3, -0.25) is 14.9 Å². The molecule has 0 fully saturated rings. The molecule has 0 saturated heterocycles. The van der Waals surface area contributed by atoms with Crippen molar-refractivity contribution in [3.05, 3.63) is 90.0 Å². The molecule has 0 heterocycles. The van der Waals surface area contributed by atoms with E-state index in [9.17, 15) is 9.59 Å². The second kappa shape index (κ2) is 12.5. The number of nitrogens with one attached hydrogen (secondary N) is 2. The van der Waals surface area contributed by atoms with Gasteiger partial charge in [-0.15, -0.1) is 0 Å². The Labute approximate surface area is 204 Å². The molecule has 0 unspecified atom stereocenters. The summed E-state index contributed by atoms with van der Waals surface area (Å²) >= 11 is 5.29. The molecular weight excluding hydrogens is 450 g/mol. The van der Waals surface area contributed by atoms with Crippen molar-refractivity contribution in [2.24, 2.45) is 0 Å². The van der Waals surface area contributed by atoms with Crippen molar-refractivity contribution >= 4 is 40.5 Å². The van der Waals surface area contributed by atoms with Crippen molar-refractivity contribution in [3.8, 4) is 5.75 Å². The van der Waals surface area contributed by atoms with Gasteiger partial charge in [-0.1, -0.05) is 30.3 Å². The van der Waals surface area contributed by atoms with Crippen molar-refractivity contribution < 1.29 is 19.1 Å². The fourth-order valence-corrected chi connectivity index (χ4v) is 3.46. The van der Waals surface area contributed by atoms with E-state index in [4.69, 9.17) is 21.7 Å². The minimum atomic E-state index is -0.390. The van der Waals surface area contributed by atoms with Gasteiger partial charge in [-0.05, 0) is 67.7 Å². The molecule has 0 aliphatic heterocycles. The average molecular weight is 478 g/mol. The normalized spacial score (nSPS) is 10.3. The van der Waals surface area contributed by atoms with Crippen molar-refractivity contribution in [3.63, 3.8) is 0 Å². The van der Waals surface area contributed by atoms with E-state index in [1.807, 2.05) is 37.3 Å². The van der Waals surface area contributed by atoms with Crippen LogP contribution in [0.15, 0.2) is 78.9 Å². The average Bonchev–Trinajstić information content (AvgIpc) is 2.86. The molecule has 0 aromatic heterocycles. The first-order valence-electron chi connectivity index (χ1n) is 10.8. The summed E-state index contributed by atoms with van der Waals surface area (Å²) in [5.74, 6) is -0.0402. The highest BCUT2D eigenvalue weighted by molar-refractivity contribution is 7.80. The molecule has 0 spiro atoms. The number of rotatable bonds is 9. The van der Waals surface area contributed by atoms with Gasteiger partial charge in [0.15, 0.2) is 5.11 Å². The fourth-order valence-electron chi connectivity index (χ4n) is 3.25. The molecule has 7 nitrogen and oxygen atoms in total. The van der Waals surface area contributed by atoms with Gasteiger partial charge in [0.1, 0.15) is 12.4 Å². The summed E-state index contributed by atoms with van der Waals surface area (Å²) in [7, 11) is 1.58.